The van der Waals surface area contributed by atoms with Gasteiger partial charge in [-0.05, 0) is 0 Å². The molecule has 0 aliphatic carbocycles. The van der Waals surface area contributed by atoms with Crippen LogP contribution >= 0.6 is 0 Å². The normalized spacial score (nSPS) is 15.6. The van der Waals surface area contributed by atoms with Crippen molar-refractivity contribution in [2.24, 2.45) is 0 Å². The van der Waals surface area contributed by atoms with Crippen molar-refractivity contribution < 1.29 is 19.2 Å². The number of imide groups is 2. The van der Waals surface area contributed by atoms with Gasteiger partial charge in [0, 0.05) is 0 Å². The van der Waals surface area contributed by atoms with Crippen LogP contribution in [0.5, 0.6) is 0 Å². The number of H-pyrrole nitrogens is 1. The Kier molecular flexibility index (Phi) is 7.15. The van der Waals surface area contributed by atoms with E-state index in [2.05, 4.69) is 36.2 Å². The molecule has 7 aromatic carbocycles. The Bertz CT molecular complexity index is 3190. The first-order valence-electron chi connectivity index (χ1n) is 19.6. The Labute approximate surface area is 330 Å². The van der Waals surface area contributed by atoms with Crippen molar-refractivity contribution in [2.45, 2.75) is 48.4 Å². The zero-order chi connectivity index (χ0) is 39.1. The molecule has 0 unspecified atom stereocenters. The molecule has 0 saturated carbocycles. The zero-order valence-electron chi connectivity index (χ0n) is 31.4. The second-order valence-corrected chi connectivity index (χ2v) is 27.8. The van der Waals surface area contributed by atoms with E-state index in [4.69, 9.17) is 11.1 Å². The van der Waals surface area contributed by atoms with Gasteiger partial charge in [0.15, 0.2) is 0 Å². The molecule has 0 bridgehead atoms. The summed E-state index contributed by atoms with van der Waals surface area (Å²) in [4.78, 5) is 61.9. The van der Waals surface area contributed by atoms with Crippen LogP contribution in [0.25, 0.3) is 54.0 Å². The fraction of sp³-hybridized carbons (Fsp3) is 0.174. The van der Waals surface area contributed by atoms with Gasteiger partial charge in [-0.3, -0.25) is 0 Å². The fourth-order valence-corrected chi connectivity index (χ4v) is 27.1. The van der Waals surface area contributed by atoms with E-state index in [1.165, 1.54) is 17.0 Å². The van der Waals surface area contributed by atoms with Crippen molar-refractivity contribution in [1.82, 2.24) is 10.2 Å². The number of nitrogen functional groups attached to an aromatic ring is 1. The van der Waals surface area contributed by atoms with Crippen LogP contribution in [0, 0.1) is 5.41 Å². The minimum absolute atomic E-state index is 0.284. The van der Waals surface area contributed by atoms with Crippen LogP contribution in [-0.2, 0) is 0 Å². The van der Waals surface area contributed by atoms with Crippen molar-refractivity contribution in [3.05, 3.63) is 107 Å². The number of amides is 4. The molecular formula is C46H36N6O4Sn. The monoisotopic (exact) mass is 856 g/mol. The number of benzene rings is 7. The molecule has 57 heavy (non-hydrogen) atoms. The topological polar surface area (TPSA) is 153 Å². The second kappa shape index (κ2) is 11.9. The van der Waals surface area contributed by atoms with E-state index in [0.29, 0.717) is 55.4 Å². The first-order valence-corrected chi connectivity index (χ1v) is 26.5. The number of nitrogens with zero attached hydrogens (tertiary/aromatic N) is 3. The Morgan fingerprint density at radius 3 is 1.74 bits per heavy atom. The van der Waals surface area contributed by atoms with Crippen LogP contribution in [-0.4, -0.2) is 58.4 Å². The predicted octanol–water partition coefficient (Wildman–Crippen LogP) is 8.27. The Morgan fingerprint density at radius 2 is 1.18 bits per heavy atom. The summed E-state index contributed by atoms with van der Waals surface area (Å²) in [6, 6.07) is 22.4. The number of unbranched alkanes of at least 4 members (excludes halogenated alkanes) is 2. The summed E-state index contributed by atoms with van der Waals surface area (Å²) in [5, 5.41) is 23.2. The predicted molar refractivity (Wildman–Crippen MR) is 229 cm³/mol. The molecular weight excluding hydrogens is 819 g/mol. The minimum atomic E-state index is -3.86. The number of fused-ring (bicyclic) bond motifs is 2. The van der Waals surface area contributed by atoms with E-state index in [0.717, 1.165) is 78.6 Å². The third-order valence-corrected chi connectivity index (χ3v) is 28.0. The third kappa shape index (κ3) is 4.15. The first kappa shape index (κ1) is 34.1. The van der Waals surface area contributed by atoms with Crippen LogP contribution in [0.1, 0.15) is 86.5 Å². The van der Waals surface area contributed by atoms with Crippen molar-refractivity contribution in [2.75, 3.05) is 15.5 Å². The van der Waals surface area contributed by atoms with Gasteiger partial charge in [0.25, 0.3) is 0 Å². The molecule has 0 atom stereocenters. The molecule has 3 aliphatic rings. The zero-order valence-corrected chi connectivity index (χ0v) is 34.2. The molecule has 0 saturated heterocycles. The van der Waals surface area contributed by atoms with Gasteiger partial charge in [-0.2, -0.15) is 0 Å². The van der Waals surface area contributed by atoms with Crippen molar-refractivity contribution in [3.8, 4) is 0 Å². The van der Waals surface area contributed by atoms with Crippen molar-refractivity contribution in [3.63, 3.8) is 0 Å². The van der Waals surface area contributed by atoms with E-state index in [-0.39, 0.29) is 17.5 Å². The molecule has 4 N–H and O–H groups in total. The summed E-state index contributed by atoms with van der Waals surface area (Å²) >= 11 is -3.86. The Morgan fingerprint density at radius 1 is 0.649 bits per heavy atom. The number of anilines is 3. The number of hydrogen-bond donors (Lipinski definition) is 3. The Hall–Kier alpha value is -6.14. The van der Waals surface area contributed by atoms with Gasteiger partial charge in [0.05, 0.1) is 0 Å². The molecule has 4 amide bonds. The summed E-state index contributed by atoms with van der Waals surface area (Å²) < 4.78 is 4.48. The summed E-state index contributed by atoms with van der Waals surface area (Å²) in [7, 11) is 0. The van der Waals surface area contributed by atoms with Crippen molar-refractivity contribution in [1.29, 1.82) is 5.41 Å². The van der Waals surface area contributed by atoms with Gasteiger partial charge in [0.2, 0.25) is 0 Å². The maximum absolute atomic E-state index is 15.1. The molecule has 11 heteroatoms. The SMILES string of the molecule is CCC[CH2][Sn]1([CH2]CCC)[c]2cc3c4c(ccc5c6ccc7c8c(c[c]1c(c2c45)c86)C(=O)N(c1cccc2[nH]ncc12)C7=O)C(=O)N(c1cccc(N)c1C=N)C3=O. The van der Waals surface area contributed by atoms with Crippen LogP contribution in [0.3, 0.4) is 0 Å². The molecule has 11 rings (SSSR count). The summed E-state index contributed by atoms with van der Waals surface area (Å²) in [6.07, 6.45) is 6.76. The van der Waals surface area contributed by atoms with Gasteiger partial charge in [-0.15, -0.1) is 0 Å². The number of aromatic amines is 1. The quantitative estimate of drug-likeness (QED) is 0.0332. The van der Waals surface area contributed by atoms with Gasteiger partial charge in [-0.25, -0.2) is 0 Å². The third-order valence-electron chi connectivity index (χ3n) is 13.0. The van der Waals surface area contributed by atoms with Gasteiger partial charge in [-0.1, -0.05) is 0 Å². The number of nitrogens with one attached hydrogen (secondary N) is 2. The van der Waals surface area contributed by atoms with Gasteiger partial charge in [0.1, 0.15) is 0 Å². The molecule has 10 nitrogen and oxygen atoms in total. The van der Waals surface area contributed by atoms with Crippen LogP contribution in [0.4, 0.5) is 17.1 Å². The summed E-state index contributed by atoms with van der Waals surface area (Å²) in [5.74, 6) is -1.62. The van der Waals surface area contributed by atoms with Gasteiger partial charge >= 0.3 is 332 Å². The number of hydrogen-bond acceptors (Lipinski definition) is 7. The van der Waals surface area contributed by atoms with E-state index in [1.807, 2.05) is 30.3 Å². The molecule has 278 valence electrons. The Balaban J connectivity index is 1.26. The fourth-order valence-electron chi connectivity index (χ4n) is 10.5. The van der Waals surface area contributed by atoms with E-state index in [9.17, 15) is 9.59 Å². The summed E-state index contributed by atoms with van der Waals surface area (Å²) in [6.45, 7) is 4.42. The molecule has 8 aromatic rings. The average Bonchev–Trinajstić information content (AvgIpc) is 3.82. The summed E-state index contributed by atoms with van der Waals surface area (Å²) in [5.41, 5.74) is 10.3. The molecule has 1 aromatic heterocycles. The molecule has 0 fully saturated rings. The van der Waals surface area contributed by atoms with Crippen LogP contribution in [0.15, 0.2) is 79.0 Å². The van der Waals surface area contributed by atoms with E-state index in [1.54, 1.807) is 36.5 Å². The van der Waals surface area contributed by atoms with E-state index >= 15 is 9.59 Å². The molecule has 0 radical (unpaired) electrons. The standard InChI is InChI=1S/C38H18N6O4.2C4H9.Sn/c39-15-25-27(40)3-1-5-29(25)43-35(45)21-11-7-17-19-9-13-23-34-24(38(48)44(37(23)47)30-6-2-4-28-26(30)16-41-42-28)14-10-20(32(19)34)18-8-12-22(36(43)46)33(21)31(17)18;2*1-3-4-2;/h1-7,9,11-16,39H,40H2,(H,41,42);2*1,3-4H2,2H3;. The molecule has 3 aliphatic heterocycles. The molecule has 0 spiro atoms. The average molecular weight is 856 g/mol. The number of rotatable bonds is 9. The number of aromatic nitrogens is 2. The number of nitrogens with two attached hydrogens (primary N) is 1. The molecule has 4 heterocycles. The van der Waals surface area contributed by atoms with Crippen LogP contribution < -0.4 is 22.7 Å². The first-order chi connectivity index (χ1) is 27.7. The second-order valence-electron chi connectivity index (χ2n) is 15.7. The number of carbonyl (C=O) groups excluding carboxylic acids is 4. The van der Waals surface area contributed by atoms with Crippen molar-refractivity contribution >= 4 is 126 Å². The van der Waals surface area contributed by atoms with Gasteiger partial charge < -0.3 is 0 Å². The maximum atomic E-state index is 15.1. The number of carbonyl (C=O) groups is 4. The van der Waals surface area contributed by atoms with E-state index < -0.39 is 30.2 Å². The van der Waals surface area contributed by atoms with Crippen LogP contribution in [0.2, 0.25) is 8.87 Å².